The lowest BCUT2D eigenvalue weighted by Gasteiger charge is -2.47. The number of pyridine rings is 1. The van der Waals surface area contributed by atoms with Crippen molar-refractivity contribution in [2.45, 2.75) is 115 Å². The van der Waals surface area contributed by atoms with E-state index in [0.29, 0.717) is 30.6 Å². The first kappa shape index (κ1) is 40.2. The van der Waals surface area contributed by atoms with Crippen molar-refractivity contribution < 1.29 is 32.6 Å². The van der Waals surface area contributed by atoms with Gasteiger partial charge in [0.25, 0.3) is 5.91 Å². The summed E-state index contributed by atoms with van der Waals surface area (Å²) in [6.45, 7) is 10.7. The molecule has 2 aromatic rings. The van der Waals surface area contributed by atoms with E-state index in [1.54, 1.807) is 12.1 Å². The van der Waals surface area contributed by atoms with Crippen molar-refractivity contribution >= 4 is 27.6 Å². The second kappa shape index (κ2) is 16.9. The fourth-order valence-corrected chi connectivity index (χ4v) is 7.67. The van der Waals surface area contributed by atoms with Gasteiger partial charge in [-0.05, 0) is 90.3 Å². The lowest BCUT2D eigenvalue weighted by atomic mass is 9.72. The number of β-amino-alcohol motifs (C(OH)–C–C–N with tert-alkyl or cyclic N) is 1. The van der Waals surface area contributed by atoms with Gasteiger partial charge in [-0.15, -0.1) is 0 Å². The van der Waals surface area contributed by atoms with Crippen molar-refractivity contribution in [3.63, 3.8) is 0 Å². The molecule has 4 rings (SSSR count). The highest BCUT2D eigenvalue weighted by Crippen LogP contribution is 2.39. The van der Waals surface area contributed by atoms with E-state index in [2.05, 4.69) is 25.8 Å². The Balaban J connectivity index is 1.58. The Bertz CT molecular complexity index is 1590. The van der Waals surface area contributed by atoms with Crippen molar-refractivity contribution in [3.8, 4) is 5.75 Å². The third kappa shape index (κ3) is 11.2. The summed E-state index contributed by atoms with van der Waals surface area (Å²) in [5.74, 6) is -0.337. The van der Waals surface area contributed by atoms with Gasteiger partial charge in [-0.2, -0.15) is 0 Å². The van der Waals surface area contributed by atoms with Crippen LogP contribution in [0.2, 0.25) is 0 Å². The zero-order chi connectivity index (χ0) is 37.6. The number of piperidine rings is 1. The monoisotopic (exact) mass is 727 g/mol. The number of fused-ring (bicyclic) bond motifs is 1. The van der Waals surface area contributed by atoms with Crippen LogP contribution in [0.25, 0.3) is 0 Å². The topological polar surface area (TPSA) is 167 Å². The summed E-state index contributed by atoms with van der Waals surface area (Å²) in [5, 5.41) is 20.6. The third-order valence-corrected chi connectivity index (χ3v) is 12.4. The van der Waals surface area contributed by atoms with Gasteiger partial charge in [-0.3, -0.25) is 24.3 Å². The molecule has 0 spiro atoms. The molecule has 1 aromatic heterocycles. The molecule has 51 heavy (non-hydrogen) atoms. The molecule has 0 radical (unpaired) electrons. The van der Waals surface area contributed by atoms with E-state index < -0.39 is 62.8 Å². The fraction of sp³-hybridized carbons (Fsp3) is 0.632. The van der Waals surface area contributed by atoms with Gasteiger partial charge in [0, 0.05) is 30.6 Å². The lowest BCUT2D eigenvalue weighted by Crippen LogP contribution is -2.64. The Morgan fingerprint density at radius 1 is 1.00 bits per heavy atom. The molecule has 3 unspecified atom stereocenters. The largest absolute Gasteiger partial charge is 0.482 e. The minimum Gasteiger partial charge on any atom is -0.482 e. The summed E-state index contributed by atoms with van der Waals surface area (Å²) < 4.78 is 29.9. The van der Waals surface area contributed by atoms with Crippen LogP contribution >= 0.6 is 0 Å². The Kier molecular flexibility index (Phi) is 13.3. The summed E-state index contributed by atoms with van der Waals surface area (Å²) in [6.07, 6.45) is 6.73. The highest BCUT2D eigenvalue weighted by molar-refractivity contribution is 7.92. The summed E-state index contributed by atoms with van der Waals surface area (Å²) >= 11 is 0. The predicted molar refractivity (Wildman–Crippen MR) is 197 cm³/mol. The number of ether oxygens (including phenoxy) is 1. The number of amides is 3. The van der Waals surface area contributed by atoms with Crippen LogP contribution in [0.1, 0.15) is 78.0 Å². The highest BCUT2D eigenvalue weighted by Gasteiger charge is 2.46. The first-order chi connectivity index (χ1) is 23.8. The van der Waals surface area contributed by atoms with Gasteiger partial charge in [-0.1, -0.05) is 49.6 Å². The molecule has 282 valence electrons. The molecule has 1 saturated heterocycles. The van der Waals surface area contributed by atoms with Gasteiger partial charge in [-0.25, -0.2) is 8.42 Å². The van der Waals surface area contributed by atoms with Gasteiger partial charge < -0.3 is 25.8 Å². The number of hydrogen-bond acceptors (Lipinski definition) is 9. The first-order valence-electron chi connectivity index (χ1n) is 18.0. The van der Waals surface area contributed by atoms with E-state index in [1.807, 2.05) is 58.0 Å². The molecule has 4 N–H and O–H groups in total. The summed E-state index contributed by atoms with van der Waals surface area (Å²) in [4.78, 5) is 47.2. The normalized spacial score (nSPS) is 21.8. The van der Waals surface area contributed by atoms with Crippen LogP contribution in [0.4, 0.5) is 0 Å². The molecule has 2 fully saturated rings. The summed E-state index contributed by atoms with van der Waals surface area (Å²) in [5.41, 5.74) is 1.19. The molecule has 0 bridgehead atoms. The summed E-state index contributed by atoms with van der Waals surface area (Å²) in [7, 11) is -3.89. The molecule has 13 heteroatoms. The smallest absolute Gasteiger partial charge is 0.258 e. The molecule has 1 aliphatic heterocycles. The number of hydrogen-bond donors (Lipinski definition) is 4. The quantitative estimate of drug-likeness (QED) is 0.229. The number of nitrogens with one attached hydrogen (secondary N) is 3. The van der Waals surface area contributed by atoms with Crippen LogP contribution in [0, 0.1) is 18.8 Å². The second-order valence-corrected chi connectivity index (χ2v) is 18.5. The fourth-order valence-electron chi connectivity index (χ4n) is 7.07. The Morgan fingerprint density at radius 2 is 1.67 bits per heavy atom. The van der Waals surface area contributed by atoms with Gasteiger partial charge in [0.2, 0.25) is 11.8 Å². The van der Waals surface area contributed by atoms with E-state index in [4.69, 9.17) is 4.74 Å². The molecule has 6 atom stereocenters. The molecule has 1 aliphatic carbocycles. The number of rotatable bonds is 14. The molecule has 2 heterocycles. The van der Waals surface area contributed by atoms with Crippen molar-refractivity contribution in [1.29, 1.82) is 0 Å². The third-order valence-electron chi connectivity index (χ3n) is 10.3. The number of nitrogens with zero attached hydrogens (tertiary/aromatic N) is 2. The number of benzene rings is 1. The molecule has 1 aromatic carbocycles. The van der Waals surface area contributed by atoms with Crippen LogP contribution in [0.3, 0.4) is 0 Å². The molecule has 12 nitrogen and oxygen atoms in total. The number of sulfone groups is 1. The highest BCUT2D eigenvalue weighted by atomic mass is 32.2. The minimum atomic E-state index is -3.89. The SMILES string of the molecule is Cc1ccc(OCC(=O)N[C@H](C(=O)NC(Cc2ccccc2)C(O)CN2C[C@H]3CCCC[C@H]3CC2C(=O)NC(C)(C)C)C(C)(C)S(C)(=O)=O)cn1. The van der Waals surface area contributed by atoms with Crippen molar-refractivity contribution in [2.75, 3.05) is 26.0 Å². The summed E-state index contributed by atoms with van der Waals surface area (Å²) in [6, 6.07) is 9.91. The molecule has 3 amide bonds. The first-order valence-corrected chi connectivity index (χ1v) is 19.9. The van der Waals surface area contributed by atoms with Crippen LogP contribution in [-0.2, 0) is 30.6 Å². The number of aryl methyl sites for hydroxylation is 1. The van der Waals surface area contributed by atoms with Crippen LogP contribution < -0.4 is 20.7 Å². The van der Waals surface area contributed by atoms with E-state index >= 15 is 0 Å². The molecular formula is C38H57N5O7S. The second-order valence-electron chi connectivity index (χ2n) is 15.9. The van der Waals surface area contributed by atoms with Crippen molar-refractivity contribution in [2.24, 2.45) is 11.8 Å². The zero-order valence-corrected chi connectivity index (χ0v) is 32.0. The standard InChI is InChI=1S/C38H57N5O7S/c1-25-17-18-29(21-39-25)50-24-33(45)41-34(38(5,6)51(7,48)49)36(47)40-30(19-26-13-9-8-10-14-26)32(44)23-43-22-28-16-12-11-15-27(28)20-31(43)35(46)42-37(2,3)4/h8-10,13-14,17-18,21,27-28,30-32,34,44H,11-12,15-16,19-20,22-24H2,1-7H3,(H,40,47)(H,41,45)(H,42,46)/t27-,28+,30?,31?,32?,34+/m0/s1. The Morgan fingerprint density at radius 3 is 2.27 bits per heavy atom. The van der Waals surface area contributed by atoms with Crippen LogP contribution in [-0.4, -0.2) is 102 Å². The van der Waals surface area contributed by atoms with Gasteiger partial charge >= 0.3 is 0 Å². The van der Waals surface area contributed by atoms with Gasteiger partial charge in [0.05, 0.1) is 29.1 Å². The van der Waals surface area contributed by atoms with Crippen molar-refractivity contribution in [3.05, 3.63) is 59.9 Å². The van der Waals surface area contributed by atoms with Gasteiger partial charge in [0.15, 0.2) is 16.4 Å². The number of carbonyl (C=O) groups excluding carboxylic acids is 3. The van der Waals surface area contributed by atoms with Gasteiger partial charge in [0.1, 0.15) is 11.8 Å². The van der Waals surface area contributed by atoms with E-state index in [-0.39, 0.29) is 18.9 Å². The predicted octanol–water partition coefficient (Wildman–Crippen LogP) is 2.96. The maximum Gasteiger partial charge on any atom is 0.258 e. The molecule has 1 saturated carbocycles. The number of aromatic nitrogens is 1. The number of carbonyl (C=O) groups is 3. The maximum atomic E-state index is 14.2. The molecule has 2 aliphatic rings. The van der Waals surface area contributed by atoms with E-state index in [1.165, 1.54) is 20.0 Å². The Hall–Kier alpha value is -3.55. The van der Waals surface area contributed by atoms with Crippen LogP contribution in [0.5, 0.6) is 5.75 Å². The average molecular weight is 728 g/mol. The maximum absolute atomic E-state index is 14.2. The molecular weight excluding hydrogens is 671 g/mol. The van der Waals surface area contributed by atoms with E-state index in [0.717, 1.165) is 43.2 Å². The minimum absolute atomic E-state index is 0.0799. The number of aliphatic hydroxyl groups excluding tert-OH is 1. The number of likely N-dealkylation sites (tertiary alicyclic amines) is 1. The van der Waals surface area contributed by atoms with E-state index in [9.17, 15) is 27.9 Å². The Labute approximate surface area is 303 Å². The number of aliphatic hydroxyl groups is 1. The van der Waals surface area contributed by atoms with Crippen LogP contribution in [0.15, 0.2) is 48.7 Å². The lowest BCUT2D eigenvalue weighted by molar-refractivity contribution is -0.133. The average Bonchev–Trinajstić information content (AvgIpc) is 3.05. The van der Waals surface area contributed by atoms with Crippen molar-refractivity contribution in [1.82, 2.24) is 25.8 Å². The zero-order valence-electron chi connectivity index (χ0n) is 31.1.